The van der Waals surface area contributed by atoms with Crippen molar-refractivity contribution in [1.29, 1.82) is 0 Å². The number of nitrogens with zero attached hydrogens (tertiary/aromatic N) is 1. The zero-order valence-electron chi connectivity index (χ0n) is 35.6. The summed E-state index contributed by atoms with van der Waals surface area (Å²) in [5.41, 5.74) is 0. The third-order valence-electron chi connectivity index (χ3n) is 9.40. The first-order valence-corrected chi connectivity index (χ1v) is 22.0. The Balaban J connectivity index is 4.39. The summed E-state index contributed by atoms with van der Waals surface area (Å²) in [6.07, 6.45) is 36.4. The standard InChI is InChI=1S/C45H83NO8/c1-6-8-10-12-14-16-18-19-20-21-22-23-24-25-26-28-30-32-34-36-43(48)54-41(40-53-45(44(49)50)51-38-37-46(3,4)5)39-52-42(47)35-33-31-29-27-17-15-13-11-9-7-2/h11,13,19-20,41,45H,6-10,12,14-18,21-40H2,1-5H3/b13-11-,20-19-. The van der Waals surface area contributed by atoms with Gasteiger partial charge in [-0.05, 0) is 57.8 Å². The Morgan fingerprint density at radius 3 is 1.44 bits per heavy atom. The van der Waals surface area contributed by atoms with Crippen molar-refractivity contribution in [2.45, 2.75) is 200 Å². The highest BCUT2D eigenvalue weighted by atomic mass is 16.7. The molecule has 0 aromatic rings. The van der Waals surface area contributed by atoms with Crippen LogP contribution >= 0.6 is 0 Å². The summed E-state index contributed by atoms with van der Waals surface area (Å²) in [7, 11) is 5.90. The van der Waals surface area contributed by atoms with Gasteiger partial charge in [0, 0.05) is 12.8 Å². The van der Waals surface area contributed by atoms with Crippen molar-refractivity contribution in [2.24, 2.45) is 0 Å². The number of esters is 2. The molecule has 54 heavy (non-hydrogen) atoms. The van der Waals surface area contributed by atoms with E-state index >= 15 is 0 Å². The second-order valence-electron chi connectivity index (χ2n) is 16.0. The first kappa shape index (κ1) is 51.8. The molecule has 9 nitrogen and oxygen atoms in total. The van der Waals surface area contributed by atoms with E-state index < -0.39 is 24.3 Å². The first-order chi connectivity index (χ1) is 26.1. The van der Waals surface area contributed by atoms with Gasteiger partial charge in [-0.3, -0.25) is 9.59 Å². The fraction of sp³-hybridized carbons (Fsp3) is 0.844. The van der Waals surface area contributed by atoms with E-state index in [1.807, 2.05) is 21.1 Å². The smallest absolute Gasteiger partial charge is 0.306 e. The highest BCUT2D eigenvalue weighted by molar-refractivity contribution is 5.70. The van der Waals surface area contributed by atoms with E-state index in [-0.39, 0.29) is 38.6 Å². The number of quaternary nitrogens is 1. The van der Waals surface area contributed by atoms with Gasteiger partial charge in [-0.15, -0.1) is 0 Å². The van der Waals surface area contributed by atoms with Crippen molar-refractivity contribution in [3.05, 3.63) is 24.3 Å². The molecular formula is C45H83NO8. The Morgan fingerprint density at radius 1 is 0.537 bits per heavy atom. The molecule has 0 heterocycles. The zero-order valence-corrected chi connectivity index (χ0v) is 35.6. The van der Waals surface area contributed by atoms with Gasteiger partial charge in [0.1, 0.15) is 13.2 Å². The van der Waals surface area contributed by atoms with Gasteiger partial charge in [0.25, 0.3) is 0 Å². The molecule has 9 heteroatoms. The number of hydrogen-bond donors (Lipinski definition) is 0. The quantitative estimate of drug-likeness (QED) is 0.0199. The number of aliphatic carboxylic acids is 1. The minimum atomic E-state index is -1.62. The van der Waals surface area contributed by atoms with Gasteiger partial charge < -0.3 is 33.3 Å². The number of unbranched alkanes of at least 4 members (excludes halogenated alkanes) is 21. The van der Waals surface area contributed by atoms with Crippen LogP contribution in [0, 0.1) is 0 Å². The molecule has 0 bridgehead atoms. The highest BCUT2D eigenvalue weighted by Gasteiger charge is 2.21. The Bertz CT molecular complexity index is 944. The predicted molar refractivity (Wildman–Crippen MR) is 219 cm³/mol. The molecule has 0 fully saturated rings. The molecule has 0 amide bonds. The molecule has 0 N–H and O–H groups in total. The van der Waals surface area contributed by atoms with Crippen LogP contribution in [0.15, 0.2) is 24.3 Å². The number of rotatable bonds is 40. The zero-order chi connectivity index (χ0) is 40.0. The molecular weight excluding hydrogens is 682 g/mol. The number of carboxylic acid groups (broad SMARTS) is 1. The van der Waals surface area contributed by atoms with E-state index in [0.717, 1.165) is 64.2 Å². The lowest BCUT2D eigenvalue weighted by Gasteiger charge is -2.26. The van der Waals surface area contributed by atoms with Gasteiger partial charge in [0.15, 0.2) is 12.4 Å². The van der Waals surface area contributed by atoms with E-state index in [9.17, 15) is 19.5 Å². The van der Waals surface area contributed by atoms with Crippen molar-refractivity contribution < 1.29 is 42.9 Å². The van der Waals surface area contributed by atoms with E-state index in [2.05, 4.69) is 38.2 Å². The van der Waals surface area contributed by atoms with Crippen LogP contribution in [0.3, 0.4) is 0 Å². The lowest BCUT2D eigenvalue weighted by Crippen LogP contribution is -2.44. The largest absolute Gasteiger partial charge is 0.545 e. The van der Waals surface area contributed by atoms with Crippen LogP contribution in [0.25, 0.3) is 0 Å². The maximum Gasteiger partial charge on any atom is 0.306 e. The van der Waals surface area contributed by atoms with Crippen LogP contribution in [-0.4, -0.2) is 82.3 Å². The molecule has 0 aliphatic heterocycles. The second-order valence-corrected chi connectivity index (χ2v) is 16.0. The number of ether oxygens (including phenoxy) is 4. The predicted octanol–water partition coefficient (Wildman–Crippen LogP) is 9.94. The molecule has 0 aliphatic carbocycles. The van der Waals surface area contributed by atoms with Gasteiger partial charge >= 0.3 is 11.9 Å². The van der Waals surface area contributed by atoms with E-state index in [1.54, 1.807) is 0 Å². The average molecular weight is 766 g/mol. The monoisotopic (exact) mass is 766 g/mol. The minimum Gasteiger partial charge on any atom is -0.545 e. The van der Waals surface area contributed by atoms with E-state index in [0.29, 0.717) is 17.4 Å². The van der Waals surface area contributed by atoms with Crippen LogP contribution in [-0.2, 0) is 33.3 Å². The van der Waals surface area contributed by atoms with Crippen LogP contribution in [0.4, 0.5) is 0 Å². The van der Waals surface area contributed by atoms with E-state index in [4.69, 9.17) is 18.9 Å². The summed E-state index contributed by atoms with van der Waals surface area (Å²) >= 11 is 0. The molecule has 0 aromatic heterocycles. The van der Waals surface area contributed by atoms with Crippen LogP contribution < -0.4 is 5.11 Å². The number of carboxylic acids is 1. The Morgan fingerprint density at radius 2 is 0.981 bits per heavy atom. The molecule has 2 unspecified atom stereocenters. The number of allylic oxidation sites excluding steroid dienone is 4. The van der Waals surface area contributed by atoms with Gasteiger partial charge in [-0.2, -0.15) is 0 Å². The van der Waals surface area contributed by atoms with Crippen molar-refractivity contribution in [3.63, 3.8) is 0 Å². The molecule has 0 aliphatic rings. The lowest BCUT2D eigenvalue weighted by atomic mass is 10.1. The van der Waals surface area contributed by atoms with Gasteiger partial charge in [-0.25, -0.2) is 0 Å². The summed E-state index contributed by atoms with van der Waals surface area (Å²) in [6.45, 7) is 4.66. The maximum atomic E-state index is 12.7. The fourth-order valence-electron chi connectivity index (χ4n) is 5.94. The number of hydrogen-bond acceptors (Lipinski definition) is 8. The third kappa shape index (κ3) is 38.1. The average Bonchev–Trinajstić information content (AvgIpc) is 3.12. The number of carbonyl (C=O) groups excluding carboxylic acids is 3. The van der Waals surface area contributed by atoms with Gasteiger partial charge in [0.05, 0.1) is 40.3 Å². The van der Waals surface area contributed by atoms with Crippen LogP contribution in [0.1, 0.15) is 187 Å². The van der Waals surface area contributed by atoms with Crippen LogP contribution in [0.2, 0.25) is 0 Å². The molecule has 2 atom stereocenters. The normalized spacial score (nSPS) is 13.1. The summed E-state index contributed by atoms with van der Waals surface area (Å²) in [4.78, 5) is 36.8. The Hall–Kier alpha value is -2.23. The van der Waals surface area contributed by atoms with Crippen molar-refractivity contribution in [2.75, 3.05) is 47.5 Å². The molecule has 316 valence electrons. The third-order valence-corrected chi connectivity index (χ3v) is 9.40. The topological polar surface area (TPSA) is 111 Å². The van der Waals surface area contributed by atoms with Crippen molar-refractivity contribution in [3.8, 4) is 0 Å². The first-order valence-electron chi connectivity index (χ1n) is 22.0. The van der Waals surface area contributed by atoms with Crippen molar-refractivity contribution in [1.82, 2.24) is 0 Å². The minimum absolute atomic E-state index is 0.147. The molecule has 0 saturated heterocycles. The second kappa shape index (κ2) is 37.7. The maximum absolute atomic E-state index is 12.7. The summed E-state index contributed by atoms with van der Waals surface area (Å²) < 4.78 is 22.5. The highest BCUT2D eigenvalue weighted by Crippen LogP contribution is 2.14. The lowest BCUT2D eigenvalue weighted by molar-refractivity contribution is -0.870. The van der Waals surface area contributed by atoms with Crippen molar-refractivity contribution >= 4 is 17.9 Å². The molecule has 0 aromatic carbocycles. The summed E-state index contributed by atoms with van der Waals surface area (Å²) in [6, 6.07) is 0. The number of likely N-dealkylation sites (N-methyl/N-ethyl adjacent to an activating group) is 1. The van der Waals surface area contributed by atoms with Gasteiger partial charge in [-0.1, -0.05) is 141 Å². The SMILES string of the molecule is CCC/C=C\CCCCCCCC(=O)OCC(COC(OCC[N+](C)(C)C)C(=O)[O-])OC(=O)CCCCCCCCCCC/C=C\CCCCCCCC. The Kier molecular flexibility index (Phi) is 36.1. The molecule has 0 saturated carbocycles. The van der Waals surface area contributed by atoms with E-state index in [1.165, 1.54) is 89.9 Å². The Labute approximate surface area is 331 Å². The summed E-state index contributed by atoms with van der Waals surface area (Å²) in [5, 5.41) is 11.7. The van der Waals surface area contributed by atoms with Gasteiger partial charge in [0.2, 0.25) is 0 Å². The molecule has 0 spiro atoms. The molecule has 0 rings (SSSR count). The number of carbonyl (C=O) groups is 3. The summed E-state index contributed by atoms with van der Waals surface area (Å²) in [5.74, 6) is -2.30. The fourth-order valence-corrected chi connectivity index (χ4v) is 5.94. The van der Waals surface area contributed by atoms with Crippen LogP contribution in [0.5, 0.6) is 0 Å². The molecule has 0 radical (unpaired) electrons.